The van der Waals surface area contributed by atoms with Crippen LogP contribution in [-0.2, 0) is 16.1 Å². The van der Waals surface area contributed by atoms with Gasteiger partial charge in [0.25, 0.3) is 11.6 Å². The standard InChI is InChI=1S/C18H17ClN2O6/c1-11(17(22)20-10-12-3-5-13(19)6-4-12)27-18(23)15-9-14(21(24)25)7-8-16(15)26-2/h3-9,11H,10H2,1-2H3,(H,20,22). The first-order valence-corrected chi connectivity index (χ1v) is 8.25. The molecule has 1 atom stereocenters. The van der Waals surface area contributed by atoms with E-state index < -0.39 is 22.9 Å². The molecular weight excluding hydrogens is 376 g/mol. The summed E-state index contributed by atoms with van der Waals surface area (Å²) in [7, 11) is 1.32. The molecule has 0 radical (unpaired) electrons. The van der Waals surface area contributed by atoms with Gasteiger partial charge in [-0.2, -0.15) is 0 Å². The molecule has 0 fully saturated rings. The maximum Gasteiger partial charge on any atom is 0.342 e. The highest BCUT2D eigenvalue weighted by atomic mass is 35.5. The Balaban J connectivity index is 2.01. The number of ether oxygens (including phenoxy) is 2. The molecule has 0 spiro atoms. The number of carbonyl (C=O) groups is 2. The van der Waals surface area contributed by atoms with E-state index in [0.717, 1.165) is 11.6 Å². The number of methoxy groups -OCH3 is 1. The van der Waals surface area contributed by atoms with Crippen LogP contribution >= 0.6 is 11.6 Å². The van der Waals surface area contributed by atoms with Crippen LogP contribution in [-0.4, -0.2) is 30.0 Å². The van der Waals surface area contributed by atoms with Crippen molar-refractivity contribution in [1.82, 2.24) is 5.32 Å². The first kappa shape index (κ1) is 20.2. The molecule has 2 rings (SSSR count). The van der Waals surface area contributed by atoms with E-state index in [-0.39, 0.29) is 23.5 Å². The number of nitro benzene ring substituents is 1. The van der Waals surface area contributed by atoms with Crippen molar-refractivity contribution < 1.29 is 24.0 Å². The van der Waals surface area contributed by atoms with Crippen LogP contribution in [0.4, 0.5) is 5.69 Å². The van der Waals surface area contributed by atoms with Gasteiger partial charge in [-0.3, -0.25) is 14.9 Å². The molecule has 8 nitrogen and oxygen atoms in total. The lowest BCUT2D eigenvalue weighted by Gasteiger charge is -2.14. The molecule has 0 bridgehead atoms. The number of hydrogen-bond donors (Lipinski definition) is 1. The van der Waals surface area contributed by atoms with E-state index in [2.05, 4.69) is 5.32 Å². The molecule has 0 saturated heterocycles. The highest BCUT2D eigenvalue weighted by Crippen LogP contribution is 2.25. The smallest absolute Gasteiger partial charge is 0.342 e. The third kappa shape index (κ3) is 5.42. The van der Waals surface area contributed by atoms with Crippen molar-refractivity contribution in [3.63, 3.8) is 0 Å². The van der Waals surface area contributed by atoms with Gasteiger partial charge in [-0.15, -0.1) is 0 Å². The molecule has 27 heavy (non-hydrogen) atoms. The summed E-state index contributed by atoms with van der Waals surface area (Å²) in [6, 6.07) is 10.4. The fourth-order valence-corrected chi connectivity index (χ4v) is 2.31. The van der Waals surface area contributed by atoms with Crippen molar-refractivity contribution in [2.45, 2.75) is 19.6 Å². The average Bonchev–Trinajstić information content (AvgIpc) is 2.66. The maximum absolute atomic E-state index is 12.3. The van der Waals surface area contributed by atoms with E-state index in [4.69, 9.17) is 21.1 Å². The van der Waals surface area contributed by atoms with Crippen LogP contribution in [0.5, 0.6) is 5.75 Å². The Hall–Kier alpha value is -3.13. The molecule has 0 aliphatic carbocycles. The van der Waals surface area contributed by atoms with Crippen LogP contribution in [0.25, 0.3) is 0 Å². The zero-order valence-corrected chi connectivity index (χ0v) is 15.4. The molecule has 2 aromatic rings. The maximum atomic E-state index is 12.3. The Labute approximate surface area is 160 Å². The molecule has 9 heteroatoms. The quantitative estimate of drug-likeness (QED) is 0.440. The van der Waals surface area contributed by atoms with E-state index in [1.165, 1.54) is 26.2 Å². The minimum Gasteiger partial charge on any atom is -0.496 e. The fourth-order valence-electron chi connectivity index (χ4n) is 2.18. The molecule has 0 aromatic heterocycles. The van der Waals surface area contributed by atoms with E-state index >= 15 is 0 Å². The Kier molecular flexibility index (Phi) is 6.73. The van der Waals surface area contributed by atoms with E-state index in [1.54, 1.807) is 24.3 Å². The minimum atomic E-state index is -1.10. The van der Waals surface area contributed by atoms with Gasteiger partial charge in [0, 0.05) is 23.7 Å². The molecule has 142 valence electrons. The highest BCUT2D eigenvalue weighted by molar-refractivity contribution is 6.30. The summed E-state index contributed by atoms with van der Waals surface area (Å²) in [5.74, 6) is -1.30. The van der Waals surface area contributed by atoms with Gasteiger partial charge >= 0.3 is 5.97 Å². The van der Waals surface area contributed by atoms with Crippen LogP contribution in [0.2, 0.25) is 5.02 Å². The summed E-state index contributed by atoms with van der Waals surface area (Å²) < 4.78 is 10.1. The van der Waals surface area contributed by atoms with Crippen LogP contribution in [0, 0.1) is 10.1 Å². The number of carbonyl (C=O) groups excluding carboxylic acids is 2. The predicted octanol–water partition coefficient (Wildman–Crippen LogP) is 3.12. The SMILES string of the molecule is COc1ccc([N+](=O)[O-])cc1C(=O)OC(C)C(=O)NCc1ccc(Cl)cc1. The Bertz CT molecular complexity index is 853. The highest BCUT2D eigenvalue weighted by Gasteiger charge is 2.23. The number of hydrogen-bond acceptors (Lipinski definition) is 6. The summed E-state index contributed by atoms with van der Waals surface area (Å²) in [6.45, 7) is 1.64. The van der Waals surface area contributed by atoms with Gasteiger partial charge in [0.05, 0.1) is 12.0 Å². The second-order valence-electron chi connectivity index (χ2n) is 5.53. The Morgan fingerprint density at radius 3 is 2.48 bits per heavy atom. The summed E-state index contributed by atoms with van der Waals surface area (Å²) >= 11 is 5.80. The van der Waals surface area contributed by atoms with Crippen molar-refractivity contribution in [3.05, 3.63) is 68.7 Å². The summed E-state index contributed by atoms with van der Waals surface area (Å²) in [5.41, 5.74) is 0.401. The second-order valence-corrected chi connectivity index (χ2v) is 5.97. The fraction of sp³-hybridized carbons (Fsp3) is 0.222. The normalized spacial score (nSPS) is 11.4. The average molecular weight is 393 g/mol. The second kappa shape index (κ2) is 9.00. The zero-order chi connectivity index (χ0) is 20.0. The van der Waals surface area contributed by atoms with Crippen molar-refractivity contribution >= 4 is 29.2 Å². The zero-order valence-electron chi connectivity index (χ0n) is 14.6. The number of esters is 1. The number of halogens is 1. The lowest BCUT2D eigenvalue weighted by Crippen LogP contribution is -2.35. The number of benzene rings is 2. The molecule has 2 aromatic carbocycles. The number of nitrogens with one attached hydrogen (secondary N) is 1. The van der Waals surface area contributed by atoms with Gasteiger partial charge in [0.15, 0.2) is 6.10 Å². The number of nitro groups is 1. The third-order valence-corrected chi connectivity index (χ3v) is 3.90. The van der Waals surface area contributed by atoms with Crippen molar-refractivity contribution in [2.24, 2.45) is 0 Å². The van der Waals surface area contributed by atoms with Crippen LogP contribution in [0.1, 0.15) is 22.8 Å². The minimum absolute atomic E-state index is 0.111. The van der Waals surface area contributed by atoms with E-state index in [9.17, 15) is 19.7 Å². The molecule has 0 saturated carbocycles. The van der Waals surface area contributed by atoms with Crippen molar-refractivity contribution in [2.75, 3.05) is 7.11 Å². The monoisotopic (exact) mass is 392 g/mol. The first-order chi connectivity index (χ1) is 12.8. The molecule has 0 aliphatic rings. The summed E-state index contributed by atoms with van der Waals surface area (Å²) in [4.78, 5) is 34.7. The van der Waals surface area contributed by atoms with Crippen LogP contribution < -0.4 is 10.1 Å². The van der Waals surface area contributed by atoms with Gasteiger partial charge in [0.1, 0.15) is 11.3 Å². The number of rotatable bonds is 7. The summed E-state index contributed by atoms with van der Waals surface area (Å²) in [5, 5.41) is 14.1. The van der Waals surface area contributed by atoms with Gasteiger partial charge < -0.3 is 14.8 Å². The van der Waals surface area contributed by atoms with Crippen molar-refractivity contribution in [1.29, 1.82) is 0 Å². The Morgan fingerprint density at radius 2 is 1.89 bits per heavy atom. The largest absolute Gasteiger partial charge is 0.496 e. The molecule has 1 N–H and O–H groups in total. The topological polar surface area (TPSA) is 108 Å². The van der Waals surface area contributed by atoms with Gasteiger partial charge in [-0.25, -0.2) is 4.79 Å². The number of nitrogens with zero attached hydrogens (tertiary/aromatic N) is 1. The number of non-ortho nitro benzene ring substituents is 1. The predicted molar refractivity (Wildman–Crippen MR) is 97.8 cm³/mol. The third-order valence-electron chi connectivity index (χ3n) is 3.65. The summed E-state index contributed by atoms with van der Waals surface area (Å²) in [6.07, 6.45) is -1.10. The molecule has 1 amide bonds. The van der Waals surface area contributed by atoms with E-state index in [1.807, 2.05) is 0 Å². The van der Waals surface area contributed by atoms with Gasteiger partial charge in [-0.05, 0) is 30.7 Å². The van der Waals surface area contributed by atoms with Crippen LogP contribution in [0.3, 0.4) is 0 Å². The number of amides is 1. The molecule has 0 heterocycles. The molecule has 1 unspecified atom stereocenters. The van der Waals surface area contributed by atoms with Gasteiger partial charge in [0.2, 0.25) is 0 Å². The lowest BCUT2D eigenvalue weighted by molar-refractivity contribution is -0.384. The van der Waals surface area contributed by atoms with Crippen LogP contribution in [0.15, 0.2) is 42.5 Å². The molecule has 0 aliphatic heterocycles. The van der Waals surface area contributed by atoms with Gasteiger partial charge in [-0.1, -0.05) is 23.7 Å². The van der Waals surface area contributed by atoms with E-state index in [0.29, 0.717) is 5.02 Å². The first-order valence-electron chi connectivity index (χ1n) is 7.87. The molecular formula is C18H17ClN2O6. The van der Waals surface area contributed by atoms with Crippen molar-refractivity contribution in [3.8, 4) is 5.75 Å². The lowest BCUT2D eigenvalue weighted by atomic mass is 10.1. The Morgan fingerprint density at radius 1 is 1.22 bits per heavy atom.